The lowest BCUT2D eigenvalue weighted by Crippen LogP contribution is -2.30. The van der Waals surface area contributed by atoms with Crippen LogP contribution in [0.1, 0.15) is 21.5 Å². The monoisotopic (exact) mass is 389 g/mol. The van der Waals surface area contributed by atoms with E-state index in [-0.39, 0.29) is 5.91 Å². The molecule has 0 unspecified atom stereocenters. The van der Waals surface area contributed by atoms with Gasteiger partial charge in [0.25, 0.3) is 5.91 Å². The fourth-order valence-electron chi connectivity index (χ4n) is 3.05. The maximum Gasteiger partial charge on any atom is 0.260 e. The smallest absolute Gasteiger partial charge is 0.260 e. The average molecular weight is 389 g/mol. The first-order valence-corrected chi connectivity index (χ1v) is 9.69. The van der Waals surface area contributed by atoms with Gasteiger partial charge in [0.2, 0.25) is 0 Å². The number of nitrogens with zero attached hydrogens (tertiary/aromatic N) is 3. The van der Waals surface area contributed by atoms with Crippen LogP contribution in [0.5, 0.6) is 5.75 Å². The topological polar surface area (TPSA) is 55.3 Å². The molecular formula is C22H19N3O2S. The second-order valence-corrected chi connectivity index (χ2v) is 7.38. The second-order valence-electron chi connectivity index (χ2n) is 6.37. The van der Waals surface area contributed by atoms with Gasteiger partial charge in [0.05, 0.1) is 18.4 Å². The number of thiazole rings is 1. The molecule has 4 aromatic rings. The summed E-state index contributed by atoms with van der Waals surface area (Å²) in [4.78, 5) is 24.1. The fraction of sp³-hybridized carbons (Fsp3) is 0.136. The molecule has 0 atom stereocenters. The van der Waals surface area contributed by atoms with Gasteiger partial charge >= 0.3 is 0 Å². The minimum atomic E-state index is -0.0834. The lowest BCUT2D eigenvalue weighted by Gasteiger charge is -2.21. The van der Waals surface area contributed by atoms with Gasteiger partial charge < -0.3 is 4.74 Å². The van der Waals surface area contributed by atoms with Crippen molar-refractivity contribution < 1.29 is 9.53 Å². The quantitative estimate of drug-likeness (QED) is 0.489. The van der Waals surface area contributed by atoms with E-state index in [1.807, 2.05) is 61.5 Å². The highest BCUT2D eigenvalue weighted by atomic mass is 32.1. The van der Waals surface area contributed by atoms with Crippen molar-refractivity contribution in [2.45, 2.75) is 13.5 Å². The number of amides is 1. The van der Waals surface area contributed by atoms with Crippen LogP contribution in [0.3, 0.4) is 0 Å². The van der Waals surface area contributed by atoms with Crippen molar-refractivity contribution in [3.05, 3.63) is 83.7 Å². The molecule has 2 aromatic heterocycles. The van der Waals surface area contributed by atoms with Crippen LogP contribution < -0.4 is 9.64 Å². The van der Waals surface area contributed by atoms with Crippen LogP contribution in [-0.4, -0.2) is 23.0 Å². The Morgan fingerprint density at radius 1 is 1.11 bits per heavy atom. The zero-order chi connectivity index (χ0) is 19.5. The van der Waals surface area contributed by atoms with E-state index in [2.05, 4.69) is 4.98 Å². The number of anilines is 1. The summed E-state index contributed by atoms with van der Waals surface area (Å²) in [6.07, 6.45) is 3.49. The van der Waals surface area contributed by atoms with E-state index >= 15 is 0 Å². The van der Waals surface area contributed by atoms with Crippen LogP contribution in [0.2, 0.25) is 0 Å². The Balaban J connectivity index is 1.81. The first-order valence-electron chi connectivity index (χ1n) is 8.87. The Labute approximate surface area is 167 Å². The lowest BCUT2D eigenvalue weighted by atomic mass is 10.1. The number of aromatic nitrogens is 2. The molecule has 0 fully saturated rings. The molecule has 4 rings (SSSR count). The van der Waals surface area contributed by atoms with Crippen LogP contribution in [-0.2, 0) is 6.54 Å². The SMILES string of the molecule is COc1cccc2sc(N(Cc3cccnc3)C(=O)c3ccccc3C)nc12. The second kappa shape index (κ2) is 7.78. The van der Waals surface area contributed by atoms with E-state index in [9.17, 15) is 4.79 Å². The standard InChI is InChI=1S/C22H19N3O2S/c1-15-7-3-4-9-17(15)21(26)25(14-16-8-6-12-23-13-16)22-24-20-18(27-2)10-5-11-19(20)28-22/h3-13H,14H2,1-2H3. The number of aryl methyl sites for hydroxylation is 1. The number of carbonyl (C=O) groups is 1. The van der Waals surface area contributed by atoms with Crippen molar-refractivity contribution in [1.82, 2.24) is 9.97 Å². The number of hydrogen-bond acceptors (Lipinski definition) is 5. The molecule has 0 bridgehead atoms. The van der Waals surface area contributed by atoms with E-state index in [1.54, 1.807) is 24.4 Å². The predicted octanol–water partition coefficient (Wildman–Crippen LogP) is 4.86. The van der Waals surface area contributed by atoms with E-state index < -0.39 is 0 Å². The Morgan fingerprint density at radius 2 is 1.96 bits per heavy atom. The van der Waals surface area contributed by atoms with Crippen LogP contribution in [0, 0.1) is 6.92 Å². The van der Waals surface area contributed by atoms with Gasteiger partial charge in [-0.1, -0.05) is 41.7 Å². The highest BCUT2D eigenvalue weighted by Crippen LogP contribution is 2.35. The maximum atomic E-state index is 13.4. The predicted molar refractivity (Wildman–Crippen MR) is 112 cm³/mol. The zero-order valence-electron chi connectivity index (χ0n) is 15.6. The van der Waals surface area contributed by atoms with Crippen molar-refractivity contribution in [1.29, 1.82) is 0 Å². The van der Waals surface area contributed by atoms with Crippen molar-refractivity contribution in [2.24, 2.45) is 0 Å². The molecular weight excluding hydrogens is 370 g/mol. The fourth-order valence-corrected chi connectivity index (χ4v) is 4.03. The van der Waals surface area contributed by atoms with Gasteiger partial charge in [-0.15, -0.1) is 0 Å². The van der Waals surface area contributed by atoms with Crippen molar-refractivity contribution >= 4 is 32.6 Å². The van der Waals surface area contributed by atoms with Crippen LogP contribution in [0.25, 0.3) is 10.2 Å². The molecule has 0 aliphatic heterocycles. The largest absolute Gasteiger partial charge is 0.494 e. The van der Waals surface area contributed by atoms with Gasteiger partial charge in [0, 0.05) is 18.0 Å². The summed E-state index contributed by atoms with van der Waals surface area (Å²) in [5, 5.41) is 0.636. The van der Waals surface area contributed by atoms with Gasteiger partial charge in [-0.3, -0.25) is 14.7 Å². The molecule has 28 heavy (non-hydrogen) atoms. The van der Waals surface area contributed by atoms with E-state index in [0.29, 0.717) is 23.0 Å². The molecule has 0 aliphatic rings. The molecule has 0 saturated carbocycles. The van der Waals surface area contributed by atoms with E-state index in [0.717, 1.165) is 21.3 Å². The first-order chi connectivity index (χ1) is 13.7. The highest BCUT2D eigenvalue weighted by molar-refractivity contribution is 7.22. The molecule has 5 nitrogen and oxygen atoms in total. The molecule has 0 aliphatic carbocycles. The molecule has 0 saturated heterocycles. The number of carbonyl (C=O) groups excluding carboxylic acids is 1. The average Bonchev–Trinajstić information content (AvgIpc) is 3.16. The van der Waals surface area contributed by atoms with Gasteiger partial charge in [0.1, 0.15) is 11.3 Å². The van der Waals surface area contributed by atoms with Gasteiger partial charge in [-0.2, -0.15) is 0 Å². The minimum Gasteiger partial charge on any atom is -0.494 e. The number of ether oxygens (including phenoxy) is 1. The number of hydrogen-bond donors (Lipinski definition) is 0. The third-order valence-electron chi connectivity index (χ3n) is 4.51. The third-order valence-corrected chi connectivity index (χ3v) is 5.55. The number of rotatable bonds is 5. The number of para-hydroxylation sites is 1. The van der Waals surface area contributed by atoms with Gasteiger partial charge in [-0.25, -0.2) is 4.98 Å². The van der Waals surface area contributed by atoms with Crippen molar-refractivity contribution in [3.8, 4) is 5.75 Å². The molecule has 2 heterocycles. The van der Waals surface area contributed by atoms with Crippen LogP contribution >= 0.6 is 11.3 Å². The minimum absolute atomic E-state index is 0.0834. The van der Waals surface area contributed by atoms with E-state index in [1.165, 1.54) is 11.3 Å². The van der Waals surface area contributed by atoms with Crippen LogP contribution in [0.4, 0.5) is 5.13 Å². The van der Waals surface area contributed by atoms with Crippen molar-refractivity contribution in [2.75, 3.05) is 12.0 Å². The van der Waals surface area contributed by atoms with Crippen molar-refractivity contribution in [3.63, 3.8) is 0 Å². The molecule has 0 spiro atoms. The lowest BCUT2D eigenvalue weighted by molar-refractivity contribution is 0.0984. The Hall–Kier alpha value is -3.25. The Morgan fingerprint density at radius 3 is 2.71 bits per heavy atom. The summed E-state index contributed by atoms with van der Waals surface area (Å²) in [5.74, 6) is 0.615. The number of benzene rings is 2. The molecule has 2 aromatic carbocycles. The normalized spacial score (nSPS) is 10.8. The summed E-state index contributed by atoms with van der Waals surface area (Å²) < 4.78 is 6.41. The molecule has 1 amide bonds. The molecule has 140 valence electrons. The maximum absolute atomic E-state index is 13.4. The summed E-state index contributed by atoms with van der Waals surface area (Å²) in [5.41, 5.74) is 3.30. The summed E-state index contributed by atoms with van der Waals surface area (Å²) >= 11 is 1.48. The molecule has 0 radical (unpaired) electrons. The van der Waals surface area contributed by atoms with Gasteiger partial charge in [0.15, 0.2) is 5.13 Å². The first kappa shape index (κ1) is 18.1. The number of pyridine rings is 1. The molecule has 0 N–H and O–H groups in total. The summed E-state index contributed by atoms with van der Waals surface area (Å²) in [7, 11) is 1.62. The Bertz CT molecular complexity index is 1130. The number of fused-ring (bicyclic) bond motifs is 1. The Kier molecular flexibility index (Phi) is 5.04. The summed E-state index contributed by atoms with van der Waals surface area (Å²) in [6, 6.07) is 17.2. The highest BCUT2D eigenvalue weighted by Gasteiger charge is 2.23. The molecule has 6 heteroatoms. The van der Waals surface area contributed by atoms with Crippen LogP contribution in [0.15, 0.2) is 67.0 Å². The zero-order valence-corrected chi connectivity index (χ0v) is 16.4. The van der Waals surface area contributed by atoms with E-state index in [4.69, 9.17) is 9.72 Å². The third kappa shape index (κ3) is 3.46. The van der Waals surface area contributed by atoms with Gasteiger partial charge in [-0.05, 0) is 42.3 Å². The number of methoxy groups -OCH3 is 1. The summed E-state index contributed by atoms with van der Waals surface area (Å²) in [6.45, 7) is 2.33.